The highest BCUT2D eigenvalue weighted by atomic mass is 16.7. The van der Waals surface area contributed by atoms with Gasteiger partial charge in [0, 0.05) is 13.8 Å². The van der Waals surface area contributed by atoms with Crippen LogP contribution in [0.15, 0.2) is 0 Å². The number of ether oxygens (including phenoxy) is 3. The second-order valence-corrected chi connectivity index (χ2v) is 8.36. The first kappa shape index (κ1) is 25.9. The standard InChI is InChI=1S/C19H34N2O10/c1-7(2)18-12(20-8(3)23)16(27)15(26)11(30-18)6-29-19-13(21-9(4)24)17(28)14(25)10(5-22)31-19/h7,10-19,22,25-28H,5-6H2,1-4H3,(H,20,23)(H,21,24)/t10?,11?,12?,13?,14-,15?,16-,17-,18-,19-/m1/s1. The number of hydrogen-bond acceptors (Lipinski definition) is 10. The van der Waals surface area contributed by atoms with Gasteiger partial charge in [-0.3, -0.25) is 9.59 Å². The minimum atomic E-state index is -1.48. The van der Waals surface area contributed by atoms with Crippen molar-refractivity contribution in [3.8, 4) is 0 Å². The van der Waals surface area contributed by atoms with Crippen LogP contribution in [0.4, 0.5) is 0 Å². The van der Waals surface area contributed by atoms with Gasteiger partial charge in [0.1, 0.15) is 42.7 Å². The normalized spacial score (nSPS) is 41.1. The van der Waals surface area contributed by atoms with Gasteiger partial charge in [0.15, 0.2) is 6.29 Å². The van der Waals surface area contributed by atoms with Gasteiger partial charge in [-0.2, -0.15) is 0 Å². The van der Waals surface area contributed by atoms with Crippen LogP contribution in [0.5, 0.6) is 0 Å². The summed E-state index contributed by atoms with van der Waals surface area (Å²) in [5.41, 5.74) is 0. The van der Waals surface area contributed by atoms with E-state index < -0.39 is 73.6 Å². The van der Waals surface area contributed by atoms with Crippen molar-refractivity contribution in [2.45, 2.75) is 88.8 Å². The molecule has 0 aromatic carbocycles. The third-order valence-corrected chi connectivity index (χ3v) is 5.49. The first-order valence-electron chi connectivity index (χ1n) is 10.3. The van der Waals surface area contributed by atoms with E-state index in [1.165, 1.54) is 13.8 Å². The Labute approximate surface area is 180 Å². The molecule has 2 aliphatic rings. The summed E-state index contributed by atoms with van der Waals surface area (Å²) in [5.74, 6) is -0.995. The lowest BCUT2D eigenvalue weighted by Crippen LogP contribution is -2.66. The molecular formula is C19H34N2O10. The predicted molar refractivity (Wildman–Crippen MR) is 104 cm³/mol. The number of hydrogen-bond donors (Lipinski definition) is 7. The van der Waals surface area contributed by atoms with Crippen molar-refractivity contribution in [1.82, 2.24) is 10.6 Å². The molecule has 12 heteroatoms. The molecule has 7 N–H and O–H groups in total. The van der Waals surface area contributed by atoms with Crippen LogP contribution < -0.4 is 10.6 Å². The van der Waals surface area contributed by atoms with Crippen LogP contribution in [0.1, 0.15) is 27.7 Å². The van der Waals surface area contributed by atoms with Gasteiger partial charge in [-0.15, -0.1) is 0 Å². The van der Waals surface area contributed by atoms with E-state index >= 15 is 0 Å². The van der Waals surface area contributed by atoms with Gasteiger partial charge in [-0.1, -0.05) is 13.8 Å². The number of aliphatic hydroxyl groups excluding tert-OH is 5. The molecule has 2 aliphatic heterocycles. The van der Waals surface area contributed by atoms with E-state index in [1.807, 2.05) is 13.8 Å². The van der Waals surface area contributed by atoms with Crippen molar-refractivity contribution < 1.29 is 49.3 Å². The Kier molecular flexibility index (Phi) is 9.15. The minimum Gasteiger partial charge on any atom is -0.394 e. The van der Waals surface area contributed by atoms with E-state index in [4.69, 9.17) is 14.2 Å². The molecule has 31 heavy (non-hydrogen) atoms. The zero-order valence-electron chi connectivity index (χ0n) is 18.0. The van der Waals surface area contributed by atoms with Crippen molar-refractivity contribution in [3.05, 3.63) is 0 Å². The maximum absolute atomic E-state index is 11.5. The van der Waals surface area contributed by atoms with Crippen molar-refractivity contribution >= 4 is 11.8 Å². The van der Waals surface area contributed by atoms with Crippen molar-refractivity contribution in [3.63, 3.8) is 0 Å². The van der Waals surface area contributed by atoms with Crippen LogP contribution in [0.25, 0.3) is 0 Å². The van der Waals surface area contributed by atoms with Gasteiger partial charge in [-0.05, 0) is 5.92 Å². The largest absolute Gasteiger partial charge is 0.394 e. The maximum atomic E-state index is 11.5. The first-order chi connectivity index (χ1) is 14.5. The van der Waals surface area contributed by atoms with Crippen LogP contribution >= 0.6 is 0 Å². The summed E-state index contributed by atoms with van der Waals surface area (Å²) in [6.07, 6.45) is -9.71. The lowest BCUT2D eigenvalue weighted by molar-refractivity contribution is -0.286. The highest BCUT2D eigenvalue weighted by Crippen LogP contribution is 2.28. The number of nitrogens with one attached hydrogen (secondary N) is 2. The molecular weight excluding hydrogens is 416 g/mol. The average Bonchev–Trinajstić information content (AvgIpc) is 2.68. The third-order valence-electron chi connectivity index (χ3n) is 5.49. The second-order valence-electron chi connectivity index (χ2n) is 8.36. The van der Waals surface area contributed by atoms with Crippen LogP contribution in [0.3, 0.4) is 0 Å². The Bertz CT molecular complexity index is 620. The molecule has 0 radical (unpaired) electrons. The van der Waals surface area contributed by atoms with E-state index in [9.17, 15) is 35.1 Å². The number of carbonyl (C=O) groups excluding carboxylic acids is 2. The fourth-order valence-corrected chi connectivity index (χ4v) is 3.91. The smallest absolute Gasteiger partial charge is 0.217 e. The highest BCUT2D eigenvalue weighted by Gasteiger charge is 2.48. The van der Waals surface area contributed by atoms with E-state index in [0.717, 1.165) is 0 Å². The number of aliphatic hydroxyl groups is 5. The van der Waals surface area contributed by atoms with Crippen LogP contribution in [-0.4, -0.2) is 112 Å². The third kappa shape index (κ3) is 6.11. The zero-order chi connectivity index (χ0) is 23.5. The van der Waals surface area contributed by atoms with Crippen LogP contribution in [0.2, 0.25) is 0 Å². The predicted octanol–water partition coefficient (Wildman–Crippen LogP) is -3.40. The Balaban J connectivity index is 2.13. The van der Waals surface area contributed by atoms with E-state index in [2.05, 4.69) is 10.6 Å². The Morgan fingerprint density at radius 1 is 0.871 bits per heavy atom. The van der Waals surface area contributed by atoms with Crippen LogP contribution in [-0.2, 0) is 23.8 Å². The number of carbonyl (C=O) groups is 2. The number of amides is 2. The summed E-state index contributed by atoms with van der Waals surface area (Å²) in [4.78, 5) is 23.0. The molecule has 0 bridgehead atoms. The fraction of sp³-hybridized carbons (Fsp3) is 0.895. The summed E-state index contributed by atoms with van der Waals surface area (Å²) < 4.78 is 17.0. The van der Waals surface area contributed by atoms with Gasteiger partial charge < -0.3 is 50.4 Å². The molecule has 2 fully saturated rings. The second kappa shape index (κ2) is 11.0. The minimum absolute atomic E-state index is 0.115. The SMILES string of the molecule is CC(=O)NC1[C@@H](O)C(O)C(CO[C@@H]2OC(CO)[C@@H](O)[C@H](O)C2NC(C)=O)O[C@@H]1C(C)C. The molecule has 180 valence electrons. The molecule has 0 spiro atoms. The number of rotatable bonds is 7. The molecule has 0 aromatic rings. The van der Waals surface area contributed by atoms with Crippen molar-refractivity contribution in [2.75, 3.05) is 13.2 Å². The molecule has 2 heterocycles. The molecule has 0 aromatic heterocycles. The van der Waals surface area contributed by atoms with Crippen molar-refractivity contribution in [1.29, 1.82) is 0 Å². The summed E-state index contributed by atoms with van der Waals surface area (Å²) in [6.45, 7) is 5.29. The topological polar surface area (TPSA) is 187 Å². The van der Waals surface area contributed by atoms with E-state index in [0.29, 0.717) is 0 Å². The molecule has 0 saturated carbocycles. The van der Waals surface area contributed by atoms with Gasteiger partial charge in [-0.25, -0.2) is 0 Å². The van der Waals surface area contributed by atoms with Gasteiger partial charge in [0.05, 0.1) is 25.4 Å². The monoisotopic (exact) mass is 450 g/mol. The molecule has 0 aliphatic carbocycles. The van der Waals surface area contributed by atoms with E-state index in [-0.39, 0.29) is 18.4 Å². The van der Waals surface area contributed by atoms with Crippen molar-refractivity contribution in [2.24, 2.45) is 5.92 Å². The van der Waals surface area contributed by atoms with Gasteiger partial charge in [0.2, 0.25) is 11.8 Å². The zero-order valence-corrected chi connectivity index (χ0v) is 18.0. The Morgan fingerprint density at radius 2 is 1.39 bits per heavy atom. The fourth-order valence-electron chi connectivity index (χ4n) is 3.91. The van der Waals surface area contributed by atoms with E-state index in [1.54, 1.807) is 0 Å². The Morgan fingerprint density at radius 3 is 1.90 bits per heavy atom. The maximum Gasteiger partial charge on any atom is 0.217 e. The molecule has 2 rings (SSSR count). The lowest BCUT2D eigenvalue weighted by Gasteiger charge is -2.46. The average molecular weight is 450 g/mol. The first-order valence-corrected chi connectivity index (χ1v) is 10.3. The molecule has 10 atom stereocenters. The summed E-state index contributed by atoms with van der Waals surface area (Å²) in [7, 11) is 0. The molecule has 2 amide bonds. The van der Waals surface area contributed by atoms with Gasteiger partial charge in [0.25, 0.3) is 0 Å². The summed E-state index contributed by atoms with van der Waals surface area (Å²) >= 11 is 0. The quantitative estimate of drug-likeness (QED) is 0.206. The highest BCUT2D eigenvalue weighted by molar-refractivity contribution is 5.73. The lowest BCUT2D eigenvalue weighted by atomic mass is 9.87. The summed E-state index contributed by atoms with van der Waals surface area (Å²) in [6, 6.07) is -1.97. The molecule has 2 saturated heterocycles. The van der Waals surface area contributed by atoms with Gasteiger partial charge >= 0.3 is 0 Å². The van der Waals surface area contributed by atoms with Crippen LogP contribution in [0, 0.1) is 5.92 Å². The molecule has 5 unspecified atom stereocenters. The Hall–Kier alpha value is -1.38. The summed E-state index contributed by atoms with van der Waals surface area (Å²) in [5, 5.41) is 55.9. The molecule has 12 nitrogen and oxygen atoms in total.